The highest BCUT2D eigenvalue weighted by molar-refractivity contribution is 5.91. The maximum atomic E-state index is 13.6. The number of aromatic nitrogens is 4. The highest BCUT2D eigenvalue weighted by atomic mass is 19.1. The van der Waals surface area contributed by atoms with Crippen molar-refractivity contribution in [3.05, 3.63) is 77.5 Å². The van der Waals surface area contributed by atoms with Crippen molar-refractivity contribution in [2.24, 2.45) is 0 Å². The van der Waals surface area contributed by atoms with Gasteiger partial charge in [-0.1, -0.05) is 44.2 Å². The summed E-state index contributed by atoms with van der Waals surface area (Å²) in [5.74, 6) is 1.41. The second-order valence-electron chi connectivity index (χ2n) is 9.57. The van der Waals surface area contributed by atoms with Crippen molar-refractivity contribution in [3.63, 3.8) is 0 Å². The van der Waals surface area contributed by atoms with Crippen molar-refractivity contribution in [1.29, 1.82) is 0 Å². The summed E-state index contributed by atoms with van der Waals surface area (Å²) in [5, 5.41) is 5.66. The first-order valence-corrected chi connectivity index (χ1v) is 13.1. The number of anilines is 1. The fourth-order valence-electron chi connectivity index (χ4n) is 5.13. The Labute approximate surface area is 216 Å². The van der Waals surface area contributed by atoms with E-state index in [1.807, 2.05) is 42.2 Å². The molecular formula is C29H33FN6O. The van der Waals surface area contributed by atoms with Gasteiger partial charge in [0.1, 0.15) is 17.5 Å². The molecule has 1 aliphatic rings. The Morgan fingerprint density at radius 3 is 2.32 bits per heavy atom. The van der Waals surface area contributed by atoms with E-state index in [4.69, 9.17) is 15.1 Å². The van der Waals surface area contributed by atoms with Gasteiger partial charge < -0.3 is 9.80 Å². The van der Waals surface area contributed by atoms with Crippen molar-refractivity contribution >= 4 is 22.8 Å². The molecule has 1 atom stereocenters. The fourth-order valence-corrected chi connectivity index (χ4v) is 5.13. The average Bonchev–Trinajstić information content (AvgIpc) is 3.26. The number of carbonyl (C=O) groups is 1. The van der Waals surface area contributed by atoms with E-state index in [2.05, 4.69) is 18.7 Å². The third kappa shape index (κ3) is 4.92. The molecule has 8 heteroatoms. The number of nitrogens with zero attached hydrogens (tertiary/aromatic N) is 6. The summed E-state index contributed by atoms with van der Waals surface area (Å²) in [6, 6.07) is 16.3. The van der Waals surface area contributed by atoms with E-state index in [1.165, 1.54) is 12.1 Å². The molecule has 0 unspecified atom stereocenters. The molecular weight excluding hydrogens is 467 g/mol. The van der Waals surface area contributed by atoms with Crippen LogP contribution in [-0.4, -0.2) is 56.7 Å². The van der Waals surface area contributed by atoms with Crippen LogP contribution < -0.4 is 4.90 Å². The summed E-state index contributed by atoms with van der Waals surface area (Å²) in [7, 11) is 0. The van der Waals surface area contributed by atoms with Gasteiger partial charge in [-0.2, -0.15) is 5.10 Å². The summed E-state index contributed by atoms with van der Waals surface area (Å²) >= 11 is 0. The Bertz CT molecular complexity index is 1380. The first-order valence-electron chi connectivity index (χ1n) is 13.1. The molecule has 0 radical (unpaired) electrons. The molecule has 2 aromatic heterocycles. The molecule has 0 saturated carbocycles. The molecule has 5 rings (SSSR count). The Balaban J connectivity index is 1.44. The number of piperazine rings is 1. The smallest absolute Gasteiger partial charge is 0.230 e. The molecule has 7 nitrogen and oxygen atoms in total. The summed E-state index contributed by atoms with van der Waals surface area (Å²) in [6.45, 7) is 8.80. The summed E-state index contributed by atoms with van der Waals surface area (Å²) in [5.41, 5.74) is 3.38. The van der Waals surface area contributed by atoms with Crippen molar-refractivity contribution in [3.8, 4) is 5.69 Å². The predicted molar refractivity (Wildman–Crippen MR) is 144 cm³/mol. The fraction of sp³-hybridized carbons (Fsp3) is 0.379. The number of carbonyl (C=O) groups excluding carboxylic acids is 1. The van der Waals surface area contributed by atoms with E-state index in [-0.39, 0.29) is 17.6 Å². The minimum Gasteiger partial charge on any atom is -0.352 e. The molecule has 0 N–H and O–H groups in total. The van der Waals surface area contributed by atoms with E-state index < -0.39 is 0 Å². The van der Waals surface area contributed by atoms with Crippen LogP contribution in [0, 0.1) is 12.7 Å². The Morgan fingerprint density at radius 2 is 1.68 bits per heavy atom. The molecule has 0 aliphatic carbocycles. The zero-order chi connectivity index (χ0) is 25.9. The lowest BCUT2D eigenvalue weighted by Gasteiger charge is -2.37. The molecule has 1 fully saturated rings. The SMILES string of the molecule is CCCc1nc(N2CCN(C(=O)[C@@H](CC)c3ccccc3)CC2)c2c(C)nn(-c3ccc(F)cc3)c2n1. The number of aryl methyl sites for hydroxylation is 2. The van der Waals surface area contributed by atoms with Gasteiger partial charge in [0.2, 0.25) is 5.91 Å². The van der Waals surface area contributed by atoms with Gasteiger partial charge in [-0.3, -0.25) is 4.79 Å². The van der Waals surface area contributed by atoms with E-state index in [0.717, 1.165) is 58.9 Å². The molecule has 37 heavy (non-hydrogen) atoms. The summed E-state index contributed by atoms with van der Waals surface area (Å²) in [6.07, 6.45) is 2.46. The van der Waals surface area contributed by atoms with Crippen molar-refractivity contribution < 1.29 is 9.18 Å². The molecule has 2 aromatic carbocycles. The van der Waals surface area contributed by atoms with Crippen LogP contribution in [-0.2, 0) is 11.2 Å². The van der Waals surface area contributed by atoms with Gasteiger partial charge >= 0.3 is 0 Å². The normalized spacial score (nSPS) is 14.8. The zero-order valence-electron chi connectivity index (χ0n) is 21.7. The average molecular weight is 501 g/mol. The number of amides is 1. The van der Waals surface area contributed by atoms with E-state index in [9.17, 15) is 9.18 Å². The zero-order valence-corrected chi connectivity index (χ0v) is 21.7. The van der Waals surface area contributed by atoms with Gasteiger partial charge in [0.25, 0.3) is 0 Å². The molecule has 0 spiro atoms. The predicted octanol–water partition coefficient (Wildman–Crippen LogP) is 5.06. The number of benzene rings is 2. The highest BCUT2D eigenvalue weighted by Gasteiger charge is 2.29. The second-order valence-corrected chi connectivity index (χ2v) is 9.57. The maximum absolute atomic E-state index is 13.6. The molecule has 3 heterocycles. The highest BCUT2D eigenvalue weighted by Crippen LogP contribution is 2.31. The summed E-state index contributed by atoms with van der Waals surface area (Å²) in [4.78, 5) is 27.5. The van der Waals surface area contributed by atoms with Crippen molar-refractivity contribution in [1.82, 2.24) is 24.6 Å². The van der Waals surface area contributed by atoms with Crippen LogP contribution in [0.1, 0.15) is 49.7 Å². The van der Waals surface area contributed by atoms with Crippen LogP contribution in [0.15, 0.2) is 54.6 Å². The van der Waals surface area contributed by atoms with Gasteiger partial charge in [-0.15, -0.1) is 0 Å². The van der Waals surface area contributed by atoms with Crippen LogP contribution in [0.25, 0.3) is 16.7 Å². The van der Waals surface area contributed by atoms with Gasteiger partial charge in [0, 0.05) is 32.6 Å². The summed E-state index contributed by atoms with van der Waals surface area (Å²) < 4.78 is 15.3. The van der Waals surface area contributed by atoms with Crippen molar-refractivity contribution in [2.45, 2.75) is 46.0 Å². The van der Waals surface area contributed by atoms with E-state index in [0.29, 0.717) is 26.2 Å². The number of hydrogen-bond acceptors (Lipinski definition) is 5. The van der Waals surface area contributed by atoms with E-state index in [1.54, 1.807) is 16.8 Å². The standard InChI is InChI=1S/C29H33FN6O/c1-4-9-25-31-27(26-20(3)33-36(28(26)32-25)23-14-12-22(30)13-15-23)34-16-18-35(19-17-34)29(37)24(5-2)21-10-7-6-8-11-21/h6-8,10-15,24H,4-5,9,16-19H2,1-3H3/t24-/m0/s1. The van der Waals surface area contributed by atoms with Gasteiger partial charge in [-0.05, 0) is 49.6 Å². The van der Waals surface area contributed by atoms with Crippen LogP contribution in [0.4, 0.5) is 10.2 Å². The molecule has 1 saturated heterocycles. The lowest BCUT2D eigenvalue weighted by Crippen LogP contribution is -2.50. The number of halogens is 1. The van der Waals surface area contributed by atoms with Crippen LogP contribution in [0.5, 0.6) is 0 Å². The minimum atomic E-state index is -0.288. The van der Waals surface area contributed by atoms with E-state index >= 15 is 0 Å². The molecule has 4 aromatic rings. The largest absolute Gasteiger partial charge is 0.352 e. The van der Waals surface area contributed by atoms with Crippen LogP contribution in [0.3, 0.4) is 0 Å². The molecule has 1 aliphatic heterocycles. The first-order chi connectivity index (χ1) is 18.0. The van der Waals surface area contributed by atoms with Gasteiger partial charge in [-0.25, -0.2) is 19.0 Å². The number of hydrogen-bond donors (Lipinski definition) is 0. The second kappa shape index (κ2) is 10.7. The monoisotopic (exact) mass is 500 g/mol. The topological polar surface area (TPSA) is 67.2 Å². The number of rotatable bonds is 7. The molecule has 0 bridgehead atoms. The third-order valence-corrected chi connectivity index (χ3v) is 7.07. The van der Waals surface area contributed by atoms with Gasteiger partial charge in [0.15, 0.2) is 5.65 Å². The van der Waals surface area contributed by atoms with Crippen LogP contribution in [0.2, 0.25) is 0 Å². The van der Waals surface area contributed by atoms with Gasteiger partial charge in [0.05, 0.1) is 22.7 Å². The number of fused-ring (bicyclic) bond motifs is 1. The Morgan fingerprint density at radius 1 is 0.973 bits per heavy atom. The first kappa shape index (κ1) is 24.9. The van der Waals surface area contributed by atoms with Crippen LogP contribution >= 0.6 is 0 Å². The van der Waals surface area contributed by atoms with Crippen molar-refractivity contribution in [2.75, 3.05) is 31.1 Å². The quantitative estimate of drug-likeness (QED) is 0.355. The Hall–Kier alpha value is -3.81. The molecule has 192 valence electrons. The lowest BCUT2D eigenvalue weighted by atomic mass is 9.95. The third-order valence-electron chi connectivity index (χ3n) is 7.07. The minimum absolute atomic E-state index is 0.120. The Kier molecular flexibility index (Phi) is 7.17. The molecule has 1 amide bonds. The maximum Gasteiger partial charge on any atom is 0.230 e. The lowest BCUT2D eigenvalue weighted by molar-refractivity contribution is -0.133.